The fourth-order valence-corrected chi connectivity index (χ4v) is 0.644. The summed E-state index contributed by atoms with van der Waals surface area (Å²) >= 11 is 0. The Hall–Kier alpha value is -0.740. The van der Waals surface area contributed by atoms with Crippen molar-refractivity contribution in [2.75, 3.05) is 13.7 Å². The molecule has 0 aromatic heterocycles. The molecule has 1 aliphatic rings. The molecule has 4 nitrogen and oxygen atoms in total. The van der Waals surface area contributed by atoms with E-state index in [2.05, 4.69) is 10.2 Å². The highest BCUT2D eigenvalue weighted by molar-refractivity contribution is 5.89. The summed E-state index contributed by atoms with van der Waals surface area (Å²) < 4.78 is 0. The van der Waals surface area contributed by atoms with Gasteiger partial charge in [0.15, 0.2) is 0 Å². The number of aliphatic hydroxyl groups is 1. The Kier molecular flexibility index (Phi) is 1.59. The minimum Gasteiger partial charge on any atom is -0.384 e. The van der Waals surface area contributed by atoms with Crippen molar-refractivity contribution in [1.29, 1.82) is 0 Å². The molecule has 1 rings (SSSR count). The molecule has 0 aromatic rings. The Morgan fingerprint density at radius 2 is 2.22 bits per heavy atom. The van der Waals surface area contributed by atoms with Gasteiger partial charge in [-0.1, -0.05) is 10.2 Å². The second kappa shape index (κ2) is 2.24. The van der Waals surface area contributed by atoms with E-state index in [-0.39, 0.29) is 6.61 Å². The van der Waals surface area contributed by atoms with Crippen LogP contribution in [-0.2, 0) is 0 Å². The van der Waals surface area contributed by atoms with Crippen LogP contribution in [0, 0.1) is 0 Å². The van der Waals surface area contributed by atoms with E-state index in [4.69, 9.17) is 5.11 Å². The summed E-state index contributed by atoms with van der Waals surface area (Å²) in [4.78, 5) is 0.998. The van der Waals surface area contributed by atoms with Crippen LogP contribution in [0.15, 0.2) is 10.2 Å². The maximum absolute atomic E-state index is 8.63. The highest BCUT2D eigenvalue weighted by atomic mass is 16.3. The van der Waals surface area contributed by atoms with Crippen molar-refractivity contribution in [3.8, 4) is 0 Å². The Morgan fingerprint density at radius 1 is 1.56 bits per heavy atom. The van der Waals surface area contributed by atoms with E-state index in [9.17, 15) is 0 Å². The van der Waals surface area contributed by atoms with Gasteiger partial charge in [-0.25, -0.2) is 4.90 Å². The smallest absolute Gasteiger partial charge is 0.252 e. The molecule has 4 heteroatoms. The lowest BCUT2D eigenvalue weighted by Crippen LogP contribution is -3.13. The van der Waals surface area contributed by atoms with Gasteiger partial charge >= 0.3 is 0 Å². The standard InChI is InChI=1S/C5H9N3O/c1-4-6-7-5(3-9)8(4)2/h9H,3H2,1-2H3/p+1. The van der Waals surface area contributed by atoms with Gasteiger partial charge in [-0.15, -0.1) is 0 Å². The van der Waals surface area contributed by atoms with Gasteiger partial charge in [0.25, 0.3) is 5.84 Å². The van der Waals surface area contributed by atoms with E-state index in [1.54, 1.807) is 0 Å². The number of rotatable bonds is 1. The predicted molar refractivity (Wildman–Crippen MR) is 34.5 cm³/mol. The number of nitrogens with zero attached hydrogens (tertiary/aromatic N) is 2. The zero-order valence-electron chi connectivity index (χ0n) is 5.55. The lowest BCUT2D eigenvalue weighted by Gasteiger charge is -2.03. The molecule has 50 valence electrons. The second-order valence-electron chi connectivity index (χ2n) is 2.02. The van der Waals surface area contributed by atoms with Gasteiger partial charge in [0.1, 0.15) is 6.61 Å². The third-order valence-electron chi connectivity index (χ3n) is 1.45. The van der Waals surface area contributed by atoms with Crippen LogP contribution in [0.3, 0.4) is 0 Å². The third-order valence-corrected chi connectivity index (χ3v) is 1.45. The lowest BCUT2D eigenvalue weighted by molar-refractivity contribution is -0.674. The maximum atomic E-state index is 8.63. The first-order valence-electron chi connectivity index (χ1n) is 2.82. The molecule has 1 unspecified atom stereocenters. The average Bonchev–Trinajstić information content (AvgIpc) is 2.15. The predicted octanol–water partition coefficient (Wildman–Crippen LogP) is -1.76. The molecule has 2 N–H and O–H groups in total. The normalized spacial score (nSPS) is 25.9. The quantitative estimate of drug-likeness (QED) is 0.432. The molecule has 0 radical (unpaired) electrons. The molecule has 0 amide bonds. The topological polar surface area (TPSA) is 49.4 Å². The zero-order chi connectivity index (χ0) is 6.85. The number of hydrogen-bond donors (Lipinski definition) is 2. The highest BCUT2D eigenvalue weighted by Gasteiger charge is 2.19. The molecule has 1 atom stereocenters. The molecule has 0 fully saturated rings. The first-order valence-corrected chi connectivity index (χ1v) is 2.82. The van der Waals surface area contributed by atoms with Crippen LogP contribution in [0.2, 0.25) is 0 Å². The summed E-state index contributed by atoms with van der Waals surface area (Å²) in [6.07, 6.45) is 0. The summed E-state index contributed by atoms with van der Waals surface area (Å²) in [6.45, 7) is 1.87. The van der Waals surface area contributed by atoms with Crippen LogP contribution in [0.4, 0.5) is 0 Å². The molecular weight excluding hydrogens is 118 g/mol. The molecular formula is C5H10N3O+. The minimum absolute atomic E-state index is 0.00727. The largest absolute Gasteiger partial charge is 0.384 e. The van der Waals surface area contributed by atoms with E-state index in [1.807, 2.05) is 14.0 Å². The number of amidine groups is 2. The van der Waals surface area contributed by atoms with Gasteiger partial charge in [0.05, 0.1) is 7.05 Å². The summed E-state index contributed by atoms with van der Waals surface area (Å²) in [5, 5.41) is 16.1. The third kappa shape index (κ3) is 0.988. The van der Waals surface area contributed by atoms with Gasteiger partial charge in [-0.2, -0.15) is 0 Å². The Balaban J connectivity index is 2.67. The van der Waals surface area contributed by atoms with Crippen molar-refractivity contribution < 1.29 is 10.0 Å². The van der Waals surface area contributed by atoms with Crippen molar-refractivity contribution in [2.24, 2.45) is 10.2 Å². The molecule has 9 heavy (non-hydrogen) atoms. The van der Waals surface area contributed by atoms with Crippen LogP contribution in [0.1, 0.15) is 6.92 Å². The number of quaternary nitrogens is 1. The Labute approximate surface area is 53.5 Å². The average molecular weight is 128 g/mol. The number of aliphatic hydroxyl groups excluding tert-OH is 1. The Bertz CT molecular complexity index is 173. The van der Waals surface area contributed by atoms with Crippen LogP contribution < -0.4 is 4.90 Å². The van der Waals surface area contributed by atoms with Crippen LogP contribution in [0.25, 0.3) is 0 Å². The van der Waals surface area contributed by atoms with Crippen LogP contribution in [-0.4, -0.2) is 30.4 Å². The van der Waals surface area contributed by atoms with Crippen LogP contribution >= 0.6 is 0 Å². The molecule has 0 saturated heterocycles. The number of nitrogens with one attached hydrogen (secondary N) is 1. The van der Waals surface area contributed by atoms with E-state index in [0.29, 0.717) is 5.84 Å². The molecule has 0 bridgehead atoms. The first kappa shape index (κ1) is 6.38. The highest BCUT2D eigenvalue weighted by Crippen LogP contribution is 1.80. The van der Waals surface area contributed by atoms with Crippen molar-refractivity contribution >= 4 is 11.7 Å². The number of hydrogen-bond acceptors (Lipinski definition) is 3. The van der Waals surface area contributed by atoms with Crippen molar-refractivity contribution in [3.63, 3.8) is 0 Å². The zero-order valence-corrected chi connectivity index (χ0v) is 5.55. The van der Waals surface area contributed by atoms with E-state index in [0.717, 1.165) is 10.7 Å². The fraction of sp³-hybridized carbons (Fsp3) is 0.600. The van der Waals surface area contributed by atoms with Crippen molar-refractivity contribution in [2.45, 2.75) is 6.92 Å². The van der Waals surface area contributed by atoms with Crippen LogP contribution in [0.5, 0.6) is 0 Å². The molecule has 1 heterocycles. The molecule has 1 aliphatic heterocycles. The molecule has 0 saturated carbocycles. The van der Waals surface area contributed by atoms with E-state index >= 15 is 0 Å². The maximum Gasteiger partial charge on any atom is 0.252 e. The Morgan fingerprint density at radius 3 is 2.44 bits per heavy atom. The summed E-state index contributed by atoms with van der Waals surface area (Å²) in [6, 6.07) is 0. The van der Waals surface area contributed by atoms with E-state index in [1.165, 1.54) is 0 Å². The minimum atomic E-state index is -0.00727. The van der Waals surface area contributed by atoms with Crippen molar-refractivity contribution in [1.82, 2.24) is 0 Å². The summed E-state index contributed by atoms with van der Waals surface area (Å²) in [5.74, 6) is 1.59. The van der Waals surface area contributed by atoms with Gasteiger partial charge in [-0.05, 0) is 0 Å². The van der Waals surface area contributed by atoms with E-state index < -0.39 is 0 Å². The molecule has 0 aliphatic carbocycles. The SMILES string of the molecule is CC1=NN=C(CO)[NH+]1C. The summed E-state index contributed by atoms with van der Waals surface area (Å²) in [7, 11) is 1.90. The first-order chi connectivity index (χ1) is 4.25. The summed E-state index contributed by atoms with van der Waals surface area (Å²) in [5.41, 5.74) is 0. The van der Waals surface area contributed by atoms with Gasteiger partial charge in [0.2, 0.25) is 5.84 Å². The monoisotopic (exact) mass is 128 g/mol. The molecule has 0 aromatic carbocycles. The molecule has 0 spiro atoms. The van der Waals surface area contributed by atoms with Gasteiger partial charge in [0, 0.05) is 6.92 Å². The number of likely N-dealkylation sites (N-methyl/N-ethyl adjacent to an activating group) is 1. The van der Waals surface area contributed by atoms with Gasteiger partial charge in [-0.3, -0.25) is 0 Å². The fourth-order valence-electron chi connectivity index (χ4n) is 0.644. The van der Waals surface area contributed by atoms with Gasteiger partial charge < -0.3 is 5.11 Å². The second-order valence-corrected chi connectivity index (χ2v) is 2.02. The van der Waals surface area contributed by atoms with Crippen molar-refractivity contribution in [3.05, 3.63) is 0 Å². The lowest BCUT2D eigenvalue weighted by atomic mass is 10.5.